The first-order chi connectivity index (χ1) is 7.88. The smallest absolute Gasteiger partial charge is 0.319 e. The molecule has 0 amide bonds. The zero-order valence-corrected chi connectivity index (χ0v) is 12.4. The Morgan fingerprint density at radius 2 is 1.88 bits per heavy atom. The molecule has 0 unspecified atom stereocenters. The fraction of sp³-hybridized carbons (Fsp3) is 0.333. The summed E-state index contributed by atoms with van der Waals surface area (Å²) in [4.78, 5) is 21.7. The van der Waals surface area contributed by atoms with Crippen LogP contribution in [0.3, 0.4) is 0 Å². The van der Waals surface area contributed by atoms with E-state index in [1.165, 1.54) is 6.92 Å². The fourth-order valence-electron chi connectivity index (χ4n) is 1.48. The third-order valence-electron chi connectivity index (χ3n) is 2.51. The first-order valence-corrected chi connectivity index (χ1v) is 6.69. The standard InChI is InChI=1S/C12H12Br2O3/c1-8(15)12(14,10(13)11(16)17)7-9-5-3-2-4-6-9/h2-6,10H,7H2,1H3,(H,16,17)/t10-,12-/m0/s1. The highest BCUT2D eigenvalue weighted by Crippen LogP contribution is 2.33. The molecule has 0 bridgehead atoms. The van der Waals surface area contributed by atoms with E-state index in [-0.39, 0.29) is 5.78 Å². The lowest BCUT2D eigenvalue weighted by molar-refractivity contribution is -0.138. The average Bonchev–Trinajstić information content (AvgIpc) is 2.28. The molecular formula is C12H12Br2O3. The first-order valence-electron chi connectivity index (χ1n) is 4.98. The van der Waals surface area contributed by atoms with Crippen LogP contribution < -0.4 is 0 Å². The lowest BCUT2D eigenvalue weighted by atomic mass is 9.92. The number of alkyl halides is 2. The lowest BCUT2D eigenvalue weighted by Crippen LogP contribution is -2.45. The van der Waals surface area contributed by atoms with Crippen molar-refractivity contribution in [3.8, 4) is 0 Å². The van der Waals surface area contributed by atoms with Crippen molar-refractivity contribution in [3.05, 3.63) is 35.9 Å². The molecule has 1 rings (SSSR count). The van der Waals surface area contributed by atoms with Gasteiger partial charge in [-0.05, 0) is 18.9 Å². The minimum Gasteiger partial charge on any atom is -0.480 e. The largest absolute Gasteiger partial charge is 0.480 e. The van der Waals surface area contributed by atoms with Crippen LogP contribution in [0.25, 0.3) is 0 Å². The van der Waals surface area contributed by atoms with E-state index in [1.807, 2.05) is 30.3 Å². The Bertz CT molecular complexity index is 419. The Hall–Kier alpha value is -0.680. The van der Waals surface area contributed by atoms with Gasteiger partial charge in [0.2, 0.25) is 0 Å². The molecule has 1 aromatic carbocycles. The molecule has 5 heteroatoms. The van der Waals surface area contributed by atoms with Crippen molar-refractivity contribution in [1.29, 1.82) is 0 Å². The molecule has 3 nitrogen and oxygen atoms in total. The summed E-state index contributed by atoms with van der Waals surface area (Å²) in [7, 11) is 0. The van der Waals surface area contributed by atoms with Gasteiger partial charge in [0.15, 0.2) is 0 Å². The molecule has 1 aromatic rings. The van der Waals surface area contributed by atoms with Gasteiger partial charge in [-0.3, -0.25) is 9.59 Å². The van der Waals surface area contributed by atoms with E-state index >= 15 is 0 Å². The summed E-state index contributed by atoms with van der Waals surface area (Å²) < 4.78 is -1.12. The molecule has 0 saturated heterocycles. The van der Waals surface area contributed by atoms with Gasteiger partial charge in [-0.2, -0.15) is 0 Å². The number of ketones is 1. The second-order valence-corrected chi connectivity index (χ2v) is 6.11. The Labute approximate surface area is 116 Å². The Kier molecular flexibility index (Phi) is 4.89. The maximum atomic E-state index is 11.7. The van der Waals surface area contributed by atoms with Crippen molar-refractivity contribution in [2.24, 2.45) is 0 Å². The molecule has 0 saturated carbocycles. The fourth-order valence-corrected chi connectivity index (χ4v) is 2.48. The van der Waals surface area contributed by atoms with Gasteiger partial charge in [-0.25, -0.2) is 0 Å². The van der Waals surface area contributed by atoms with Crippen LogP contribution >= 0.6 is 31.9 Å². The van der Waals surface area contributed by atoms with E-state index in [0.29, 0.717) is 6.42 Å². The van der Waals surface area contributed by atoms with Gasteiger partial charge in [-0.1, -0.05) is 62.2 Å². The highest BCUT2D eigenvalue weighted by molar-refractivity contribution is 9.13. The van der Waals surface area contributed by atoms with E-state index in [2.05, 4.69) is 31.9 Å². The molecule has 0 heterocycles. The molecule has 0 fully saturated rings. The quantitative estimate of drug-likeness (QED) is 0.818. The van der Waals surface area contributed by atoms with Crippen molar-refractivity contribution in [3.63, 3.8) is 0 Å². The van der Waals surface area contributed by atoms with Crippen LogP contribution in [0.4, 0.5) is 0 Å². The van der Waals surface area contributed by atoms with Gasteiger partial charge in [-0.15, -0.1) is 0 Å². The molecule has 0 radical (unpaired) electrons. The van der Waals surface area contributed by atoms with Crippen molar-refractivity contribution < 1.29 is 14.7 Å². The van der Waals surface area contributed by atoms with Crippen molar-refractivity contribution in [2.45, 2.75) is 22.5 Å². The summed E-state index contributed by atoms with van der Waals surface area (Å²) >= 11 is 6.33. The topological polar surface area (TPSA) is 54.4 Å². The number of halogens is 2. The molecule has 1 N–H and O–H groups in total. The number of carboxylic acid groups (broad SMARTS) is 1. The number of benzene rings is 1. The van der Waals surface area contributed by atoms with Crippen LogP contribution in [0, 0.1) is 0 Å². The lowest BCUT2D eigenvalue weighted by Gasteiger charge is -2.27. The third kappa shape index (κ3) is 3.39. The summed E-state index contributed by atoms with van der Waals surface area (Å²) in [6, 6.07) is 9.30. The predicted molar refractivity (Wildman–Crippen MR) is 72.8 cm³/mol. The molecule has 0 aliphatic heterocycles. The maximum absolute atomic E-state index is 11.7. The van der Waals surface area contributed by atoms with Gasteiger partial charge in [0.05, 0.1) is 0 Å². The minimum absolute atomic E-state index is 0.217. The average molecular weight is 364 g/mol. The van der Waals surface area contributed by atoms with Crippen LogP contribution in [0.1, 0.15) is 12.5 Å². The van der Waals surface area contributed by atoms with E-state index in [0.717, 1.165) is 5.56 Å². The number of carbonyl (C=O) groups excluding carboxylic acids is 1. The SMILES string of the molecule is CC(=O)[C@@](Br)(Cc1ccccc1)[C@@H](Br)C(=O)O. The van der Waals surface area contributed by atoms with Crippen LogP contribution in [-0.2, 0) is 16.0 Å². The number of hydrogen-bond donors (Lipinski definition) is 1. The van der Waals surface area contributed by atoms with Crippen molar-refractivity contribution >= 4 is 43.6 Å². The zero-order chi connectivity index (χ0) is 13.1. The van der Waals surface area contributed by atoms with Crippen LogP contribution in [0.2, 0.25) is 0 Å². The van der Waals surface area contributed by atoms with Gasteiger partial charge in [0.1, 0.15) is 14.9 Å². The van der Waals surface area contributed by atoms with Crippen molar-refractivity contribution in [1.82, 2.24) is 0 Å². The molecule has 0 spiro atoms. The summed E-state index contributed by atoms with van der Waals surface area (Å²) in [5, 5.41) is 9.02. The summed E-state index contributed by atoms with van der Waals surface area (Å²) in [6.07, 6.45) is 0.325. The van der Waals surface area contributed by atoms with Crippen LogP contribution in [0.5, 0.6) is 0 Å². The number of carboxylic acids is 1. The molecule has 92 valence electrons. The Morgan fingerprint density at radius 3 is 2.29 bits per heavy atom. The maximum Gasteiger partial charge on any atom is 0.319 e. The second kappa shape index (κ2) is 5.78. The monoisotopic (exact) mass is 362 g/mol. The highest BCUT2D eigenvalue weighted by atomic mass is 79.9. The molecule has 0 aliphatic carbocycles. The number of hydrogen-bond acceptors (Lipinski definition) is 2. The Morgan fingerprint density at radius 1 is 1.35 bits per heavy atom. The molecule has 2 atom stereocenters. The van der Waals surface area contributed by atoms with Crippen LogP contribution in [0.15, 0.2) is 30.3 Å². The number of rotatable bonds is 5. The van der Waals surface area contributed by atoms with E-state index in [9.17, 15) is 9.59 Å². The highest BCUT2D eigenvalue weighted by Gasteiger charge is 2.43. The Balaban J connectivity index is 3.02. The number of carbonyl (C=O) groups is 2. The molecule has 0 aromatic heterocycles. The van der Waals surface area contributed by atoms with Gasteiger partial charge in [0.25, 0.3) is 0 Å². The minimum atomic E-state index is -1.12. The van der Waals surface area contributed by atoms with Gasteiger partial charge < -0.3 is 5.11 Å². The summed E-state index contributed by atoms with van der Waals surface area (Å²) in [5.41, 5.74) is 0.908. The first kappa shape index (κ1) is 14.4. The van der Waals surface area contributed by atoms with Gasteiger partial charge in [0, 0.05) is 0 Å². The van der Waals surface area contributed by atoms with E-state index < -0.39 is 15.1 Å². The number of aliphatic carboxylic acids is 1. The van der Waals surface area contributed by atoms with Gasteiger partial charge >= 0.3 is 5.97 Å². The number of Topliss-reactive ketones (excluding diaryl/α,β-unsaturated/α-hetero) is 1. The van der Waals surface area contributed by atoms with E-state index in [1.54, 1.807) is 0 Å². The second-order valence-electron chi connectivity index (χ2n) is 3.78. The van der Waals surface area contributed by atoms with Crippen LogP contribution in [-0.4, -0.2) is 26.0 Å². The zero-order valence-electron chi connectivity index (χ0n) is 9.19. The molecular weight excluding hydrogens is 352 g/mol. The summed E-state index contributed by atoms with van der Waals surface area (Å²) in [5.74, 6) is -1.28. The van der Waals surface area contributed by atoms with E-state index in [4.69, 9.17) is 5.11 Å². The summed E-state index contributed by atoms with van der Waals surface area (Å²) in [6.45, 7) is 1.38. The van der Waals surface area contributed by atoms with Crippen molar-refractivity contribution in [2.75, 3.05) is 0 Å². The molecule has 0 aliphatic rings. The molecule has 17 heavy (non-hydrogen) atoms. The third-order valence-corrected chi connectivity index (χ3v) is 5.59. The predicted octanol–water partition coefficient (Wildman–Crippen LogP) is 2.80. The normalized spacial score (nSPS) is 15.9.